The normalized spacial score (nSPS) is 11.6. The molecule has 1 N–H and O–H groups in total. The van der Waals surface area contributed by atoms with Gasteiger partial charge in [-0.25, -0.2) is 0 Å². The Morgan fingerprint density at radius 2 is 1.53 bits per heavy atom. The van der Waals surface area contributed by atoms with Crippen molar-refractivity contribution in [2.75, 3.05) is 53.4 Å². The van der Waals surface area contributed by atoms with Gasteiger partial charge in [0.25, 0.3) is 0 Å². The number of nitrogens with one attached hydrogen (secondary N) is 1. The zero-order chi connectivity index (χ0) is 12.9. The fraction of sp³-hybridized carbons (Fsp3) is 1.00. The molecule has 0 rings (SSSR count). The van der Waals surface area contributed by atoms with Crippen LogP contribution in [-0.2, 0) is 0 Å². The SMILES string of the molecule is CCNCCCCCN(CC)CCCN(C)C. The van der Waals surface area contributed by atoms with Crippen LogP contribution in [0, 0.1) is 0 Å². The van der Waals surface area contributed by atoms with E-state index < -0.39 is 0 Å². The lowest BCUT2D eigenvalue weighted by Crippen LogP contribution is -2.28. The minimum absolute atomic E-state index is 1.10. The number of rotatable bonds is 12. The maximum atomic E-state index is 3.38. The largest absolute Gasteiger partial charge is 0.317 e. The molecule has 0 heterocycles. The summed E-state index contributed by atoms with van der Waals surface area (Å²) in [6.07, 6.45) is 5.32. The summed E-state index contributed by atoms with van der Waals surface area (Å²) in [6.45, 7) is 11.7. The van der Waals surface area contributed by atoms with E-state index in [9.17, 15) is 0 Å². The van der Waals surface area contributed by atoms with Gasteiger partial charge in [0.15, 0.2) is 0 Å². The fourth-order valence-corrected chi connectivity index (χ4v) is 1.98. The Morgan fingerprint density at radius 3 is 2.12 bits per heavy atom. The van der Waals surface area contributed by atoms with Crippen LogP contribution >= 0.6 is 0 Å². The first-order valence-electron chi connectivity index (χ1n) is 7.28. The molecule has 3 nitrogen and oxygen atoms in total. The highest BCUT2D eigenvalue weighted by Crippen LogP contribution is 1.99. The second-order valence-corrected chi connectivity index (χ2v) is 5.01. The van der Waals surface area contributed by atoms with Crippen LogP contribution in [0.3, 0.4) is 0 Å². The average Bonchev–Trinajstić information content (AvgIpc) is 2.30. The highest BCUT2D eigenvalue weighted by atomic mass is 15.1. The lowest BCUT2D eigenvalue weighted by atomic mass is 10.2. The molecule has 0 aromatic carbocycles. The third-order valence-electron chi connectivity index (χ3n) is 3.10. The summed E-state index contributed by atoms with van der Waals surface area (Å²) >= 11 is 0. The van der Waals surface area contributed by atoms with E-state index >= 15 is 0 Å². The molecule has 0 aliphatic carbocycles. The summed E-state index contributed by atoms with van der Waals surface area (Å²) in [7, 11) is 4.30. The lowest BCUT2D eigenvalue weighted by molar-refractivity contribution is 0.261. The van der Waals surface area contributed by atoms with Gasteiger partial charge in [0, 0.05) is 0 Å². The topological polar surface area (TPSA) is 18.5 Å². The van der Waals surface area contributed by atoms with Gasteiger partial charge in [-0.3, -0.25) is 0 Å². The molecule has 0 aromatic heterocycles. The van der Waals surface area contributed by atoms with Crippen molar-refractivity contribution in [2.45, 2.75) is 39.5 Å². The number of hydrogen-bond acceptors (Lipinski definition) is 3. The van der Waals surface area contributed by atoms with Gasteiger partial charge >= 0.3 is 0 Å². The van der Waals surface area contributed by atoms with Crippen molar-refractivity contribution in [3.8, 4) is 0 Å². The molecular weight excluding hydrogens is 210 g/mol. The highest BCUT2D eigenvalue weighted by Gasteiger charge is 2.01. The average molecular weight is 243 g/mol. The van der Waals surface area contributed by atoms with Crippen molar-refractivity contribution in [2.24, 2.45) is 0 Å². The Kier molecular flexibility index (Phi) is 12.3. The van der Waals surface area contributed by atoms with E-state index in [1.165, 1.54) is 58.4 Å². The van der Waals surface area contributed by atoms with E-state index in [0.717, 1.165) is 6.54 Å². The van der Waals surface area contributed by atoms with Crippen LogP contribution in [0.25, 0.3) is 0 Å². The van der Waals surface area contributed by atoms with Gasteiger partial charge < -0.3 is 15.1 Å². The first-order valence-corrected chi connectivity index (χ1v) is 7.28. The second kappa shape index (κ2) is 12.3. The van der Waals surface area contributed by atoms with Crippen molar-refractivity contribution in [3.05, 3.63) is 0 Å². The minimum atomic E-state index is 1.10. The second-order valence-electron chi connectivity index (χ2n) is 5.01. The van der Waals surface area contributed by atoms with Gasteiger partial charge in [-0.15, -0.1) is 0 Å². The molecule has 0 spiro atoms. The van der Waals surface area contributed by atoms with Crippen molar-refractivity contribution in [1.82, 2.24) is 15.1 Å². The van der Waals surface area contributed by atoms with Gasteiger partial charge in [0.1, 0.15) is 0 Å². The van der Waals surface area contributed by atoms with Crippen LogP contribution in [-0.4, -0.2) is 63.2 Å². The Hall–Kier alpha value is -0.120. The minimum Gasteiger partial charge on any atom is -0.317 e. The maximum Gasteiger partial charge on any atom is -0.000667 e. The van der Waals surface area contributed by atoms with Crippen LogP contribution in [0.1, 0.15) is 39.5 Å². The van der Waals surface area contributed by atoms with Gasteiger partial charge in [-0.2, -0.15) is 0 Å². The first kappa shape index (κ1) is 16.9. The van der Waals surface area contributed by atoms with Crippen LogP contribution < -0.4 is 5.32 Å². The third-order valence-corrected chi connectivity index (χ3v) is 3.10. The van der Waals surface area contributed by atoms with Crippen LogP contribution in [0.15, 0.2) is 0 Å². The summed E-state index contributed by atoms with van der Waals surface area (Å²) in [5.41, 5.74) is 0. The van der Waals surface area contributed by atoms with Gasteiger partial charge in [-0.1, -0.05) is 20.3 Å². The molecule has 0 aliphatic rings. The quantitative estimate of drug-likeness (QED) is 0.529. The molecule has 104 valence electrons. The molecule has 0 atom stereocenters. The van der Waals surface area contributed by atoms with E-state index in [2.05, 4.69) is 43.1 Å². The van der Waals surface area contributed by atoms with Gasteiger partial charge in [0.2, 0.25) is 0 Å². The third kappa shape index (κ3) is 12.1. The van der Waals surface area contributed by atoms with Gasteiger partial charge in [-0.05, 0) is 72.6 Å². The molecule has 0 bridgehead atoms. The summed E-state index contributed by atoms with van der Waals surface area (Å²) in [6, 6.07) is 0. The van der Waals surface area contributed by atoms with Crippen molar-refractivity contribution < 1.29 is 0 Å². The Labute approximate surface area is 109 Å². The molecule has 0 radical (unpaired) electrons. The molecule has 0 amide bonds. The highest BCUT2D eigenvalue weighted by molar-refractivity contribution is 4.58. The van der Waals surface area contributed by atoms with E-state index in [0.29, 0.717) is 0 Å². The summed E-state index contributed by atoms with van der Waals surface area (Å²) in [5.74, 6) is 0. The zero-order valence-corrected chi connectivity index (χ0v) is 12.5. The van der Waals surface area contributed by atoms with Crippen molar-refractivity contribution in [1.29, 1.82) is 0 Å². The van der Waals surface area contributed by atoms with Crippen LogP contribution in [0.4, 0.5) is 0 Å². The Morgan fingerprint density at radius 1 is 0.824 bits per heavy atom. The van der Waals surface area contributed by atoms with E-state index in [1.54, 1.807) is 0 Å². The Balaban J connectivity index is 3.35. The molecule has 0 aliphatic heterocycles. The fourth-order valence-electron chi connectivity index (χ4n) is 1.98. The molecular formula is C14H33N3. The maximum absolute atomic E-state index is 3.38. The summed E-state index contributed by atoms with van der Waals surface area (Å²) in [5, 5.41) is 3.38. The van der Waals surface area contributed by atoms with Crippen LogP contribution in [0.2, 0.25) is 0 Å². The monoisotopic (exact) mass is 243 g/mol. The predicted octanol–water partition coefficient (Wildman–Crippen LogP) is 2.04. The molecule has 0 saturated carbocycles. The first-order chi connectivity index (χ1) is 8.20. The number of hydrogen-bond donors (Lipinski definition) is 1. The van der Waals surface area contributed by atoms with Gasteiger partial charge in [0.05, 0.1) is 0 Å². The van der Waals surface area contributed by atoms with E-state index in [4.69, 9.17) is 0 Å². The molecule has 0 saturated heterocycles. The molecule has 0 fully saturated rings. The lowest BCUT2D eigenvalue weighted by Gasteiger charge is -2.21. The molecule has 0 unspecified atom stereocenters. The standard InChI is InChI=1S/C14H33N3/c1-5-15-11-8-7-9-13-17(6-2)14-10-12-16(3)4/h15H,5-14H2,1-4H3. The van der Waals surface area contributed by atoms with Crippen molar-refractivity contribution >= 4 is 0 Å². The van der Waals surface area contributed by atoms with E-state index in [-0.39, 0.29) is 0 Å². The van der Waals surface area contributed by atoms with Crippen molar-refractivity contribution in [3.63, 3.8) is 0 Å². The Bertz CT molecular complexity index is 148. The van der Waals surface area contributed by atoms with E-state index in [1.807, 2.05) is 0 Å². The molecule has 17 heavy (non-hydrogen) atoms. The summed E-state index contributed by atoms with van der Waals surface area (Å²) in [4.78, 5) is 4.85. The summed E-state index contributed by atoms with van der Waals surface area (Å²) < 4.78 is 0. The van der Waals surface area contributed by atoms with Crippen LogP contribution in [0.5, 0.6) is 0 Å². The number of nitrogens with zero attached hydrogens (tertiary/aromatic N) is 2. The zero-order valence-electron chi connectivity index (χ0n) is 12.5. The smallest absolute Gasteiger partial charge is 0.000667 e. The predicted molar refractivity (Wildman–Crippen MR) is 77.7 cm³/mol. The number of unbranched alkanes of at least 4 members (excludes halogenated alkanes) is 2. The molecule has 0 aromatic rings. The molecule has 3 heteroatoms.